The van der Waals surface area contributed by atoms with E-state index in [1.165, 1.54) is 11.8 Å². The Balaban J connectivity index is 2.03. The van der Waals surface area contributed by atoms with E-state index in [0.717, 1.165) is 35.6 Å². The topological polar surface area (TPSA) is 98.5 Å². The van der Waals surface area contributed by atoms with Gasteiger partial charge in [-0.15, -0.1) is 0 Å². The smallest absolute Gasteiger partial charge is 0.322 e. The highest BCUT2D eigenvalue weighted by Gasteiger charge is 2.18. The molecule has 0 spiro atoms. The molecule has 0 aliphatic rings. The number of imidazole rings is 1. The molecular formula is C19H26N6O2S. The number of aromatic amines is 1. The SMILES string of the molecule is CCCCn1c(=O)[nH]c(=O)c2c1nc(CSc1nc(C)c(C)c(C)n1)n2CC. The molecule has 150 valence electrons. The number of nitrogens with one attached hydrogen (secondary N) is 1. The first-order valence-corrected chi connectivity index (χ1v) is 10.5. The fourth-order valence-corrected chi connectivity index (χ4v) is 4.01. The first-order chi connectivity index (χ1) is 13.4. The van der Waals surface area contributed by atoms with E-state index in [1.807, 2.05) is 32.3 Å². The van der Waals surface area contributed by atoms with E-state index in [4.69, 9.17) is 0 Å². The van der Waals surface area contributed by atoms with Crippen molar-refractivity contribution in [2.75, 3.05) is 0 Å². The molecule has 0 aliphatic heterocycles. The summed E-state index contributed by atoms with van der Waals surface area (Å²) in [6.07, 6.45) is 1.80. The molecule has 8 nitrogen and oxygen atoms in total. The maximum absolute atomic E-state index is 12.5. The first kappa shape index (κ1) is 20.3. The number of hydrogen-bond donors (Lipinski definition) is 1. The van der Waals surface area contributed by atoms with Crippen LogP contribution in [-0.4, -0.2) is 29.1 Å². The second-order valence-electron chi connectivity index (χ2n) is 6.80. The Labute approximate surface area is 167 Å². The van der Waals surface area contributed by atoms with Crippen LogP contribution in [-0.2, 0) is 18.8 Å². The van der Waals surface area contributed by atoms with Gasteiger partial charge in [0.15, 0.2) is 16.3 Å². The number of fused-ring (bicyclic) bond motifs is 1. The molecule has 0 fully saturated rings. The summed E-state index contributed by atoms with van der Waals surface area (Å²) in [5.74, 6) is 1.26. The number of thioether (sulfide) groups is 1. The Morgan fingerprint density at radius 1 is 1.00 bits per heavy atom. The number of hydrogen-bond acceptors (Lipinski definition) is 6. The van der Waals surface area contributed by atoms with Gasteiger partial charge in [0.1, 0.15) is 5.82 Å². The minimum Gasteiger partial charge on any atom is -0.322 e. The number of nitrogens with zero attached hydrogens (tertiary/aromatic N) is 5. The monoisotopic (exact) mass is 402 g/mol. The van der Waals surface area contributed by atoms with Crippen molar-refractivity contribution in [3.8, 4) is 0 Å². The largest absolute Gasteiger partial charge is 0.330 e. The molecule has 28 heavy (non-hydrogen) atoms. The van der Waals surface area contributed by atoms with Gasteiger partial charge in [-0.25, -0.2) is 19.7 Å². The summed E-state index contributed by atoms with van der Waals surface area (Å²) in [4.78, 5) is 40.9. The fourth-order valence-electron chi connectivity index (χ4n) is 3.13. The lowest BCUT2D eigenvalue weighted by Gasteiger charge is -2.08. The molecule has 0 saturated carbocycles. The maximum atomic E-state index is 12.5. The quantitative estimate of drug-likeness (QED) is 0.482. The summed E-state index contributed by atoms with van der Waals surface area (Å²) in [7, 11) is 0. The molecule has 0 unspecified atom stereocenters. The number of aromatic nitrogens is 6. The lowest BCUT2D eigenvalue weighted by Crippen LogP contribution is -2.31. The van der Waals surface area contributed by atoms with Crippen molar-refractivity contribution in [3.05, 3.63) is 43.6 Å². The van der Waals surface area contributed by atoms with Crippen LogP contribution in [0.25, 0.3) is 11.2 Å². The van der Waals surface area contributed by atoms with Gasteiger partial charge < -0.3 is 4.57 Å². The van der Waals surface area contributed by atoms with E-state index < -0.39 is 11.2 Å². The third-order valence-corrected chi connectivity index (χ3v) is 5.80. The summed E-state index contributed by atoms with van der Waals surface area (Å²) in [5.41, 5.74) is 3.13. The summed E-state index contributed by atoms with van der Waals surface area (Å²) in [5, 5.41) is 0.688. The zero-order valence-electron chi connectivity index (χ0n) is 17.0. The maximum Gasteiger partial charge on any atom is 0.330 e. The van der Waals surface area contributed by atoms with E-state index in [1.54, 1.807) is 4.57 Å². The van der Waals surface area contributed by atoms with Crippen molar-refractivity contribution in [2.24, 2.45) is 0 Å². The first-order valence-electron chi connectivity index (χ1n) is 9.54. The van der Waals surface area contributed by atoms with Crippen molar-refractivity contribution in [3.63, 3.8) is 0 Å². The molecule has 3 rings (SSSR count). The molecule has 0 atom stereocenters. The molecule has 0 bridgehead atoms. The molecular weight excluding hydrogens is 376 g/mol. The van der Waals surface area contributed by atoms with E-state index in [0.29, 0.717) is 35.2 Å². The number of aryl methyl sites for hydroxylation is 4. The van der Waals surface area contributed by atoms with Gasteiger partial charge in [0.2, 0.25) is 0 Å². The predicted molar refractivity (Wildman–Crippen MR) is 111 cm³/mol. The van der Waals surface area contributed by atoms with Crippen LogP contribution < -0.4 is 11.2 Å². The third-order valence-electron chi connectivity index (χ3n) is 4.96. The van der Waals surface area contributed by atoms with Gasteiger partial charge in [-0.1, -0.05) is 25.1 Å². The van der Waals surface area contributed by atoms with E-state index in [-0.39, 0.29) is 0 Å². The van der Waals surface area contributed by atoms with Crippen molar-refractivity contribution in [1.29, 1.82) is 0 Å². The Morgan fingerprint density at radius 3 is 2.29 bits per heavy atom. The van der Waals surface area contributed by atoms with Crippen molar-refractivity contribution in [2.45, 2.75) is 71.5 Å². The summed E-state index contributed by atoms with van der Waals surface area (Å²) in [6.45, 7) is 11.1. The third kappa shape index (κ3) is 3.76. The molecule has 0 aromatic carbocycles. The van der Waals surface area contributed by atoms with Crippen LogP contribution in [0, 0.1) is 20.8 Å². The average Bonchev–Trinajstić information content (AvgIpc) is 3.03. The number of H-pyrrole nitrogens is 1. The molecule has 3 aromatic heterocycles. The molecule has 0 radical (unpaired) electrons. The molecule has 0 saturated heterocycles. The Hall–Kier alpha value is -2.42. The fraction of sp³-hybridized carbons (Fsp3) is 0.526. The van der Waals surface area contributed by atoms with Gasteiger partial charge in [-0.2, -0.15) is 0 Å². The van der Waals surface area contributed by atoms with Crippen LogP contribution in [0.4, 0.5) is 0 Å². The zero-order chi connectivity index (χ0) is 20.4. The summed E-state index contributed by atoms with van der Waals surface area (Å²) in [6, 6.07) is 0. The van der Waals surface area contributed by atoms with Gasteiger partial charge in [0.25, 0.3) is 5.56 Å². The molecule has 1 N–H and O–H groups in total. The highest BCUT2D eigenvalue weighted by atomic mass is 32.2. The van der Waals surface area contributed by atoms with Crippen molar-refractivity contribution < 1.29 is 0 Å². The van der Waals surface area contributed by atoms with Crippen molar-refractivity contribution in [1.82, 2.24) is 29.1 Å². The summed E-state index contributed by atoms with van der Waals surface area (Å²) < 4.78 is 3.44. The molecule has 3 heterocycles. The van der Waals surface area contributed by atoms with E-state index >= 15 is 0 Å². The van der Waals surface area contributed by atoms with Crippen LogP contribution in [0.15, 0.2) is 14.7 Å². The minimum atomic E-state index is -0.404. The molecule has 9 heteroatoms. The average molecular weight is 403 g/mol. The predicted octanol–water partition coefficient (Wildman–Crippen LogP) is 2.71. The van der Waals surface area contributed by atoms with Gasteiger partial charge in [-0.3, -0.25) is 14.3 Å². The van der Waals surface area contributed by atoms with Crippen LogP contribution in [0.3, 0.4) is 0 Å². The zero-order valence-corrected chi connectivity index (χ0v) is 17.8. The molecule has 0 aliphatic carbocycles. The molecule has 0 amide bonds. The van der Waals surface area contributed by atoms with E-state index in [9.17, 15) is 9.59 Å². The summed E-state index contributed by atoms with van der Waals surface area (Å²) >= 11 is 1.48. The Bertz CT molecular complexity index is 1100. The van der Waals surface area contributed by atoms with E-state index in [2.05, 4.69) is 26.9 Å². The van der Waals surface area contributed by atoms with Gasteiger partial charge in [0, 0.05) is 24.5 Å². The Morgan fingerprint density at radius 2 is 1.68 bits per heavy atom. The van der Waals surface area contributed by atoms with Crippen LogP contribution in [0.2, 0.25) is 0 Å². The lowest BCUT2D eigenvalue weighted by molar-refractivity contribution is 0.613. The van der Waals surface area contributed by atoms with Crippen molar-refractivity contribution >= 4 is 22.9 Å². The van der Waals surface area contributed by atoms with Crippen LogP contribution in [0.5, 0.6) is 0 Å². The van der Waals surface area contributed by atoms with Crippen LogP contribution >= 0.6 is 11.8 Å². The standard InChI is InChI=1S/C19H26N6O2S/c1-6-8-9-25-16-15(17(26)23-19(25)27)24(7-2)14(22-16)10-28-18-20-12(4)11(3)13(5)21-18/h6-10H2,1-5H3,(H,23,26,27). The molecule has 3 aromatic rings. The second kappa shape index (κ2) is 8.30. The second-order valence-corrected chi connectivity index (χ2v) is 7.74. The number of rotatable bonds is 7. The van der Waals surface area contributed by atoms with Crippen LogP contribution in [0.1, 0.15) is 49.5 Å². The number of unbranched alkanes of at least 4 members (excludes halogenated alkanes) is 1. The van der Waals surface area contributed by atoms with Gasteiger partial charge in [-0.05, 0) is 39.7 Å². The highest BCUT2D eigenvalue weighted by molar-refractivity contribution is 7.98. The van der Waals surface area contributed by atoms with Gasteiger partial charge in [0.05, 0.1) is 5.75 Å². The minimum absolute atomic E-state index is 0.392. The highest BCUT2D eigenvalue weighted by Crippen LogP contribution is 2.23. The van der Waals surface area contributed by atoms with Gasteiger partial charge >= 0.3 is 5.69 Å². The lowest BCUT2D eigenvalue weighted by atomic mass is 10.2. The Kier molecular flexibility index (Phi) is 6.02. The normalized spacial score (nSPS) is 11.5.